The summed E-state index contributed by atoms with van der Waals surface area (Å²) in [6.45, 7) is 16.8. The van der Waals surface area contributed by atoms with Gasteiger partial charge in [0.15, 0.2) is 0 Å². The van der Waals surface area contributed by atoms with Gasteiger partial charge in [-0.2, -0.15) is 0 Å². The van der Waals surface area contributed by atoms with Crippen LogP contribution in [0.4, 0.5) is 0 Å². The topological polar surface area (TPSA) is 76.2 Å². The van der Waals surface area contributed by atoms with Crippen LogP contribution >= 0.6 is 0 Å². The first kappa shape index (κ1) is 62.4. The molecule has 0 aromatic heterocycles. The number of carbonyl (C=O) groups excluding carboxylic acids is 3. The average Bonchev–Trinajstić information content (AvgIpc) is 3.85. The number of rotatable bonds is 50. The third kappa shape index (κ3) is 35.5. The van der Waals surface area contributed by atoms with Gasteiger partial charge in [0.25, 0.3) is 0 Å². The molecule has 1 aliphatic rings. The molecular weight excluding hydrogens is 817 g/mol. The van der Waals surface area contributed by atoms with Gasteiger partial charge in [0.05, 0.1) is 25.0 Å². The number of esters is 2. The van der Waals surface area contributed by atoms with E-state index in [4.69, 9.17) is 9.47 Å². The number of carbonyl (C=O) groups is 3. The fourth-order valence-electron chi connectivity index (χ4n) is 10.2. The number of unbranched alkanes of at least 4 members (excludes halogenated alkanes) is 25. The summed E-state index contributed by atoms with van der Waals surface area (Å²) in [4.78, 5) is 44.8. The van der Waals surface area contributed by atoms with Gasteiger partial charge in [0, 0.05) is 19.0 Å². The second-order valence-electron chi connectivity index (χ2n) is 20.9. The fraction of sp³-hybridized carbons (Fsp3) is 0.949. The second kappa shape index (κ2) is 47.1. The van der Waals surface area contributed by atoms with E-state index in [0.717, 1.165) is 129 Å². The maximum absolute atomic E-state index is 14.1. The van der Waals surface area contributed by atoms with Crippen molar-refractivity contribution in [3.8, 4) is 0 Å². The molecule has 1 aliphatic heterocycles. The number of hydrogen-bond donors (Lipinski definition) is 0. The quantitative estimate of drug-likeness (QED) is 0.0447. The summed E-state index contributed by atoms with van der Waals surface area (Å²) in [5, 5.41) is 0. The highest BCUT2D eigenvalue weighted by Crippen LogP contribution is 2.24. The van der Waals surface area contributed by atoms with Crippen LogP contribution in [0.1, 0.15) is 304 Å². The third-order valence-corrected chi connectivity index (χ3v) is 14.7. The minimum Gasteiger partial charge on any atom is -0.465 e. The maximum atomic E-state index is 14.1. The molecule has 1 heterocycles. The summed E-state index contributed by atoms with van der Waals surface area (Å²) in [5.41, 5.74) is 0. The van der Waals surface area contributed by atoms with Crippen molar-refractivity contribution < 1.29 is 23.9 Å². The highest BCUT2D eigenvalue weighted by molar-refractivity contribution is 5.76. The number of amides is 1. The lowest BCUT2D eigenvalue weighted by atomic mass is 9.95. The Balaban J connectivity index is 2.61. The van der Waals surface area contributed by atoms with Gasteiger partial charge in [-0.25, -0.2) is 0 Å². The predicted octanol–water partition coefficient (Wildman–Crippen LogP) is 17.3. The van der Waals surface area contributed by atoms with Gasteiger partial charge in [-0.05, 0) is 96.7 Å². The first-order chi connectivity index (χ1) is 32.4. The highest BCUT2D eigenvalue weighted by atomic mass is 16.5. The lowest BCUT2D eigenvalue weighted by molar-refractivity contribution is -0.150. The maximum Gasteiger partial charge on any atom is 0.308 e. The van der Waals surface area contributed by atoms with E-state index in [1.54, 1.807) is 0 Å². The lowest BCUT2D eigenvalue weighted by Crippen LogP contribution is -2.42. The molecule has 7 heteroatoms. The van der Waals surface area contributed by atoms with Crippen LogP contribution in [0.5, 0.6) is 0 Å². The van der Waals surface area contributed by atoms with E-state index in [0.29, 0.717) is 31.6 Å². The Kier molecular flexibility index (Phi) is 44.5. The SMILES string of the molecule is CCCCCCCCC(=O)N(CCCN1CCCC1)C(CCCCCCCCCOC(=O)C(CCCC)CCCCCC)CCCCCCCCCOC(=O)C(CCCC)CCCCCC. The summed E-state index contributed by atoms with van der Waals surface area (Å²) in [6.07, 6.45) is 48.7. The van der Waals surface area contributed by atoms with Gasteiger partial charge >= 0.3 is 11.9 Å². The second-order valence-corrected chi connectivity index (χ2v) is 20.9. The molecule has 1 rings (SSSR count). The van der Waals surface area contributed by atoms with Crippen LogP contribution in [-0.4, -0.2) is 73.1 Å². The molecule has 0 bridgehead atoms. The Morgan fingerprint density at radius 1 is 0.409 bits per heavy atom. The molecular formula is C59H114N2O5. The minimum atomic E-state index is 0.0514. The molecule has 0 aromatic rings. The van der Waals surface area contributed by atoms with Crippen LogP contribution in [0.3, 0.4) is 0 Å². The predicted molar refractivity (Wildman–Crippen MR) is 283 cm³/mol. The Hall–Kier alpha value is -1.63. The molecule has 7 nitrogen and oxygen atoms in total. The lowest BCUT2D eigenvalue weighted by Gasteiger charge is -2.33. The van der Waals surface area contributed by atoms with Crippen LogP contribution < -0.4 is 0 Å². The van der Waals surface area contributed by atoms with Crippen LogP contribution in [0.25, 0.3) is 0 Å². The Morgan fingerprint density at radius 2 is 0.758 bits per heavy atom. The van der Waals surface area contributed by atoms with Crippen LogP contribution in [0, 0.1) is 11.8 Å². The van der Waals surface area contributed by atoms with Crippen LogP contribution in [0.2, 0.25) is 0 Å². The molecule has 0 spiro atoms. The van der Waals surface area contributed by atoms with Crippen molar-refractivity contribution in [1.82, 2.24) is 9.80 Å². The normalized spacial score (nSPS) is 14.4. The molecule has 0 saturated carbocycles. The molecule has 0 aliphatic carbocycles. The summed E-state index contributed by atoms with van der Waals surface area (Å²) in [6, 6.07) is 0.362. The number of hydrogen-bond acceptors (Lipinski definition) is 6. The Morgan fingerprint density at radius 3 is 1.20 bits per heavy atom. The van der Waals surface area contributed by atoms with Gasteiger partial charge in [-0.1, -0.05) is 221 Å². The Bertz CT molecular complexity index is 1020. The molecule has 2 unspecified atom stereocenters. The smallest absolute Gasteiger partial charge is 0.308 e. The van der Waals surface area contributed by atoms with Gasteiger partial charge in [0.2, 0.25) is 5.91 Å². The van der Waals surface area contributed by atoms with E-state index in [2.05, 4.69) is 44.4 Å². The largest absolute Gasteiger partial charge is 0.465 e. The van der Waals surface area contributed by atoms with E-state index < -0.39 is 0 Å². The molecule has 0 N–H and O–H groups in total. The van der Waals surface area contributed by atoms with E-state index in [-0.39, 0.29) is 23.8 Å². The van der Waals surface area contributed by atoms with E-state index in [1.165, 1.54) is 161 Å². The zero-order valence-corrected chi connectivity index (χ0v) is 45.1. The first-order valence-corrected chi connectivity index (χ1v) is 29.8. The van der Waals surface area contributed by atoms with Gasteiger partial charge < -0.3 is 19.3 Å². The van der Waals surface area contributed by atoms with Crippen molar-refractivity contribution in [2.45, 2.75) is 310 Å². The molecule has 1 fully saturated rings. The molecule has 2 atom stereocenters. The zero-order chi connectivity index (χ0) is 48.0. The molecule has 66 heavy (non-hydrogen) atoms. The molecule has 0 aromatic carbocycles. The first-order valence-electron chi connectivity index (χ1n) is 29.8. The number of ether oxygens (including phenoxy) is 2. The van der Waals surface area contributed by atoms with Crippen molar-refractivity contribution >= 4 is 17.8 Å². The summed E-state index contributed by atoms with van der Waals surface area (Å²) < 4.78 is 11.6. The van der Waals surface area contributed by atoms with E-state index in [1.807, 2.05) is 0 Å². The zero-order valence-electron chi connectivity index (χ0n) is 45.1. The minimum absolute atomic E-state index is 0.0514. The van der Waals surface area contributed by atoms with Crippen molar-refractivity contribution in [1.29, 1.82) is 0 Å². The van der Waals surface area contributed by atoms with E-state index >= 15 is 0 Å². The molecule has 1 saturated heterocycles. The molecule has 1 amide bonds. The molecule has 390 valence electrons. The van der Waals surface area contributed by atoms with Crippen molar-refractivity contribution in [3.05, 3.63) is 0 Å². The fourth-order valence-corrected chi connectivity index (χ4v) is 10.2. The Labute approximate surface area is 411 Å². The van der Waals surface area contributed by atoms with Crippen LogP contribution in [-0.2, 0) is 23.9 Å². The number of nitrogens with zero attached hydrogens (tertiary/aromatic N) is 2. The standard InChI is InChI=1S/C59H114N2O5/c1-6-11-16-19-28-35-47-57(62)61(51-40-50-60-48-36-37-49-60)56(45-33-26-22-20-24-29-38-52-65-58(63)54(41-14-9-4)43-31-17-12-7-2)46-34-27-23-21-25-30-39-53-66-59(64)55(42-15-10-5)44-32-18-13-8-3/h54-56H,6-53H2,1-5H3. The van der Waals surface area contributed by atoms with Crippen LogP contribution in [0.15, 0.2) is 0 Å². The monoisotopic (exact) mass is 931 g/mol. The summed E-state index contributed by atoms with van der Waals surface area (Å²) in [5.74, 6) is 0.706. The highest BCUT2D eigenvalue weighted by Gasteiger charge is 2.24. The van der Waals surface area contributed by atoms with Gasteiger partial charge in [-0.15, -0.1) is 0 Å². The van der Waals surface area contributed by atoms with Gasteiger partial charge in [-0.3, -0.25) is 14.4 Å². The van der Waals surface area contributed by atoms with Crippen molar-refractivity contribution in [3.63, 3.8) is 0 Å². The average molecular weight is 932 g/mol. The summed E-state index contributed by atoms with van der Waals surface area (Å²) in [7, 11) is 0. The number of likely N-dealkylation sites (tertiary alicyclic amines) is 1. The molecule has 0 radical (unpaired) electrons. The summed E-state index contributed by atoms with van der Waals surface area (Å²) >= 11 is 0. The van der Waals surface area contributed by atoms with Crippen molar-refractivity contribution in [2.24, 2.45) is 11.8 Å². The van der Waals surface area contributed by atoms with Crippen molar-refractivity contribution in [2.75, 3.05) is 39.4 Å². The van der Waals surface area contributed by atoms with E-state index in [9.17, 15) is 14.4 Å². The van der Waals surface area contributed by atoms with Gasteiger partial charge in [0.1, 0.15) is 0 Å². The third-order valence-electron chi connectivity index (χ3n) is 14.7.